The summed E-state index contributed by atoms with van der Waals surface area (Å²) >= 11 is 0. The first-order valence-corrected chi connectivity index (χ1v) is 7.02. The Morgan fingerprint density at radius 2 is 2.05 bits per heavy atom. The van der Waals surface area contributed by atoms with E-state index in [-0.39, 0.29) is 0 Å². The molecule has 2 rings (SSSR count). The summed E-state index contributed by atoms with van der Waals surface area (Å²) in [6, 6.07) is 0.290. The van der Waals surface area contributed by atoms with Crippen molar-refractivity contribution in [1.29, 1.82) is 0 Å². The summed E-state index contributed by atoms with van der Waals surface area (Å²) in [6.07, 6.45) is 2.59. The number of nitrogens with two attached hydrogens (primary N) is 1. The van der Waals surface area contributed by atoms with Crippen LogP contribution in [0.4, 0.5) is 11.9 Å². The molecule has 0 unspecified atom stereocenters. The quantitative estimate of drug-likeness (QED) is 0.536. The van der Waals surface area contributed by atoms with Crippen LogP contribution in [-0.4, -0.2) is 59.7 Å². The van der Waals surface area contributed by atoms with Crippen molar-refractivity contribution < 1.29 is 4.74 Å². The van der Waals surface area contributed by atoms with Crippen molar-refractivity contribution >= 4 is 11.9 Å². The molecule has 1 saturated heterocycles. The van der Waals surface area contributed by atoms with E-state index in [4.69, 9.17) is 10.6 Å². The fraction of sp³-hybridized carbons (Fsp3) is 0.750. The summed E-state index contributed by atoms with van der Waals surface area (Å²) in [5, 5.41) is 0. The second-order valence-corrected chi connectivity index (χ2v) is 4.79. The van der Waals surface area contributed by atoms with Gasteiger partial charge in [-0.15, -0.1) is 0 Å². The number of hydrogen-bond acceptors (Lipinski definition) is 8. The van der Waals surface area contributed by atoms with E-state index < -0.39 is 0 Å². The summed E-state index contributed by atoms with van der Waals surface area (Å²) in [7, 11) is 1.96. The zero-order chi connectivity index (χ0) is 14.4. The summed E-state index contributed by atoms with van der Waals surface area (Å²) in [5.41, 5.74) is 2.44. The van der Waals surface area contributed by atoms with Crippen LogP contribution >= 0.6 is 0 Å². The summed E-state index contributed by atoms with van der Waals surface area (Å²) < 4.78 is 5.32. The third-order valence-corrected chi connectivity index (χ3v) is 3.30. The molecule has 0 aromatic carbocycles. The van der Waals surface area contributed by atoms with Crippen molar-refractivity contribution in [3.8, 4) is 6.01 Å². The minimum atomic E-state index is 0.290. The molecule has 0 spiro atoms. The highest BCUT2D eigenvalue weighted by molar-refractivity contribution is 5.36. The second-order valence-electron chi connectivity index (χ2n) is 4.79. The van der Waals surface area contributed by atoms with E-state index in [0.29, 0.717) is 24.5 Å². The van der Waals surface area contributed by atoms with E-state index >= 15 is 0 Å². The first kappa shape index (κ1) is 14.7. The van der Waals surface area contributed by atoms with E-state index in [1.807, 2.05) is 18.9 Å². The standard InChI is InChI=1S/C12H23N7O/c1-3-20-12-15-10(17-13)14-11(16-12)18(2)8-9-19-6-4-5-7-19/h3-9,13H2,1-2H3,(H,14,15,16,17). The van der Waals surface area contributed by atoms with Crippen molar-refractivity contribution in [2.45, 2.75) is 19.8 Å². The maximum atomic E-state index is 5.37. The monoisotopic (exact) mass is 281 g/mol. The van der Waals surface area contributed by atoms with Gasteiger partial charge in [0.05, 0.1) is 6.61 Å². The Labute approximate surface area is 119 Å². The molecule has 0 amide bonds. The number of ether oxygens (including phenoxy) is 1. The molecule has 0 bridgehead atoms. The van der Waals surface area contributed by atoms with Crippen LogP contribution in [0.15, 0.2) is 0 Å². The van der Waals surface area contributed by atoms with Gasteiger partial charge in [-0.3, -0.25) is 5.43 Å². The van der Waals surface area contributed by atoms with E-state index in [2.05, 4.69) is 25.3 Å². The Morgan fingerprint density at radius 3 is 2.70 bits per heavy atom. The van der Waals surface area contributed by atoms with E-state index in [1.54, 1.807) is 0 Å². The molecule has 112 valence electrons. The molecule has 0 radical (unpaired) electrons. The van der Waals surface area contributed by atoms with E-state index in [1.165, 1.54) is 25.9 Å². The molecule has 8 heteroatoms. The second kappa shape index (κ2) is 7.20. The maximum Gasteiger partial charge on any atom is 0.323 e. The number of aromatic nitrogens is 3. The van der Waals surface area contributed by atoms with Gasteiger partial charge >= 0.3 is 6.01 Å². The fourth-order valence-corrected chi connectivity index (χ4v) is 2.17. The SMILES string of the molecule is CCOc1nc(NN)nc(N(C)CCN2CCCC2)n1. The van der Waals surface area contributed by atoms with Gasteiger partial charge in [0.25, 0.3) is 0 Å². The minimum Gasteiger partial charge on any atom is -0.464 e. The molecule has 1 aliphatic heterocycles. The molecule has 1 aromatic rings. The lowest BCUT2D eigenvalue weighted by molar-refractivity contribution is 0.311. The van der Waals surface area contributed by atoms with E-state index in [9.17, 15) is 0 Å². The lowest BCUT2D eigenvalue weighted by atomic mass is 10.4. The molecule has 2 heterocycles. The number of nitrogens with zero attached hydrogens (tertiary/aromatic N) is 5. The van der Waals surface area contributed by atoms with Crippen molar-refractivity contribution in [2.24, 2.45) is 5.84 Å². The first-order valence-electron chi connectivity index (χ1n) is 7.02. The molecular weight excluding hydrogens is 258 g/mol. The molecule has 0 atom stereocenters. The lowest BCUT2D eigenvalue weighted by Crippen LogP contribution is -2.32. The van der Waals surface area contributed by atoms with Gasteiger partial charge in [0, 0.05) is 20.1 Å². The molecule has 3 N–H and O–H groups in total. The van der Waals surface area contributed by atoms with Gasteiger partial charge in [-0.25, -0.2) is 5.84 Å². The molecule has 1 fully saturated rings. The number of likely N-dealkylation sites (N-methyl/N-ethyl adjacent to an activating group) is 1. The van der Waals surface area contributed by atoms with Gasteiger partial charge < -0.3 is 14.5 Å². The predicted octanol–water partition coefficient (Wildman–Crippen LogP) is 0.0879. The molecule has 1 aromatic heterocycles. The van der Waals surface area contributed by atoms with Crippen LogP contribution in [0.25, 0.3) is 0 Å². The van der Waals surface area contributed by atoms with Gasteiger partial charge in [0.1, 0.15) is 0 Å². The molecule has 8 nitrogen and oxygen atoms in total. The van der Waals surface area contributed by atoms with Gasteiger partial charge in [-0.05, 0) is 32.9 Å². The number of hydrazine groups is 1. The molecular formula is C12H23N7O. The highest BCUT2D eigenvalue weighted by Gasteiger charge is 2.14. The number of nitrogen functional groups attached to an aromatic ring is 1. The third-order valence-electron chi connectivity index (χ3n) is 3.30. The highest BCUT2D eigenvalue weighted by atomic mass is 16.5. The van der Waals surface area contributed by atoms with Crippen molar-refractivity contribution in [3.63, 3.8) is 0 Å². The first-order chi connectivity index (χ1) is 9.72. The average molecular weight is 281 g/mol. The van der Waals surface area contributed by atoms with Crippen LogP contribution in [0.5, 0.6) is 6.01 Å². The fourth-order valence-electron chi connectivity index (χ4n) is 2.17. The Hall–Kier alpha value is -1.67. The zero-order valence-electron chi connectivity index (χ0n) is 12.2. The van der Waals surface area contributed by atoms with Gasteiger partial charge in [-0.1, -0.05) is 0 Å². The zero-order valence-corrected chi connectivity index (χ0v) is 12.2. The van der Waals surface area contributed by atoms with Crippen molar-refractivity contribution in [3.05, 3.63) is 0 Å². The Bertz CT molecular complexity index is 422. The number of anilines is 2. The minimum absolute atomic E-state index is 0.290. The maximum absolute atomic E-state index is 5.37. The Balaban J connectivity index is 1.99. The molecule has 20 heavy (non-hydrogen) atoms. The summed E-state index contributed by atoms with van der Waals surface area (Å²) in [4.78, 5) is 17.0. The predicted molar refractivity (Wildman–Crippen MR) is 77.8 cm³/mol. The summed E-state index contributed by atoms with van der Waals surface area (Å²) in [5.74, 6) is 6.25. The van der Waals surface area contributed by atoms with Crippen LogP contribution in [0, 0.1) is 0 Å². The molecule has 0 aliphatic carbocycles. The third kappa shape index (κ3) is 3.91. The van der Waals surface area contributed by atoms with Crippen LogP contribution < -0.4 is 20.9 Å². The van der Waals surface area contributed by atoms with Crippen molar-refractivity contribution in [1.82, 2.24) is 19.9 Å². The summed E-state index contributed by atoms with van der Waals surface area (Å²) in [6.45, 7) is 6.63. The smallest absolute Gasteiger partial charge is 0.323 e. The van der Waals surface area contributed by atoms with E-state index in [0.717, 1.165) is 13.1 Å². The van der Waals surface area contributed by atoms with Gasteiger partial charge in [0.2, 0.25) is 11.9 Å². The van der Waals surface area contributed by atoms with Crippen LogP contribution in [0.1, 0.15) is 19.8 Å². The number of likely N-dealkylation sites (tertiary alicyclic amines) is 1. The molecule has 1 aliphatic rings. The van der Waals surface area contributed by atoms with Gasteiger partial charge in [0.15, 0.2) is 0 Å². The lowest BCUT2D eigenvalue weighted by Gasteiger charge is -2.21. The highest BCUT2D eigenvalue weighted by Crippen LogP contribution is 2.14. The Morgan fingerprint density at radius 1 is 1.30 bits per heavy atom. The average Bonchev–Trinajstić information content (AvgIpc) is 2.98. The largest absolute Gasteiger partial charge is 0.464 e. The van der Waals surface area contributed by atoms with Crippen LogP contribution in [0.2, 0.25) is 0 Å². The number of nitrogens with one attached hydrogen (secondary N) is 1. The van der Waals surface area contributed by atoms with Gasteiger partial charge in [-0.2, -0.15) is 15.0 Å². The number of rotatable bonds is 7. The van der Waals surface area contributed by atoms with Crippen LogP contribution in [0.3, 0.4) is 0 Å². The molecule has 0 saturated carbocycles. The topological polar surface area (TPSA) is 92.4 Å². The van der Waals surface area contributed by atoms with Crippen molar-refractivity contribution in [2.75, 3.05) is 50.2 Å². The number of hydrogen-bond donors (Lipinski definition) is 2. The Kier molecular flexibility index (Phi) is 5.31. The normalized spacial score (nSPS) is 15.3. The van der Waals surface area contributed by atoms with Crippen LogP contribution in [-0.2, 0) is 0 Å².